The van der Waals surface area contributed by atoms with E-state index in [2.05, 4.69) is 0 Å². The molecule has 0 unspecified atom stereocenters. The molecule has 0 radical (unpaired) electrons. The van der Waals surface area contributed by atoms with Gasteiger partial charge in [-0.05, 0) is 0 Å². The Balaban J connectivity index is -0.0000000267. The van der Waals surface area contributed by atoms with Crippen molar-refractivity contribution in [2.75, 3.05) is 0 Å². The molecule has 0 atom stereocenters. The molecule has 3 N–H and O–H groups in total. The minimum atomic E-state index is -5.38. The number of rotatable bonds is 0. The van der Waals surface area contributed by atoms with E-state index in [1.807, 2.05) is 0 Å². The van der Waals surface area contributed by atoms with Gasteiger partial charge in [0.2, 0.25) is 0 Å². The Morgan fingerprint density at radius 1 is 1.29 bits per heavy atom. The van der Waals surface area contributed by atoms with Crippen LogP contribution in [0.4, 0.5) is 0 Å². The van der Waals surface area contributed by atoms with E-state index in [-0.39, 0.29) is 36.5 Å². The van der Waals surface area contributed by atoms with Gasteiger partial charge in [-0.2, -0.15) is 0 Å². The second-order valence-corrected chi connectivity index (χ2v) is 1.63. The Labute approximate surface area is 65.0 Å². The van der Waals surface area contributed by atoms with Crippen molar-refractivity contribution >= 4 is 0 Å². The van der Waals surface area contributed by atoms with Gasteiger partial charge in [-0.25, -0.2) is 0 Å². The third-order valence-corrected chi connectivity index (χ3v) is 0. The van der Waals surface area contributed by atoms with E-state index in [4.69, 9.17) is 15.7 Å². The summed E-state index contributed by atoms with van der Waals surface area (Å²) in [4.78, 5) is 0. The predicted molar refractivity (Wildman–Crippen MR) is 9.00 cm³/mol. The summed E-state index contributed by atoms with van der Waals surface area (Å²) in [5, 5.41) is 0. The van der Waals surface area contributed by atoms with E-state index in [1.54, 1.807) is 0 Å². The van der Waals surface area contributed by atoms with Crippen LogP contribution in [0.5, 0.6) is 0 Å². The van der Waals surface area contributed by atoms with Gasteiger partial charge in [0.05, 0.1) is 0 Å². The van der Waals surface area contributed by atoms with E-state index in [0.29, 0.717) is 0 Å². The van der Waals surface area contributed by atoms with E-state index >= 15 is 0 Å². The van der Waals surface area contributed by atoms with Gasteiger partial charge in [0.25, 0.3) is 0 Å². The van der Waals surface area contributed by atoms with E-state index < -0.39 is 13.0 Å². The van der Waals surface area contributed by atoms with Gasteiger partial charge in [-0.15, -0.1) is 0 Å². The van der Waals surface area contributed by atoms with Gasteiger partial charge < -0.3 is 6.90 Å². The van der Waals surface area contributed by atoms with Crippen LogP contribution in [0, 0.1) is 0 Å². The van der Waals surface area contributed by atoms with Crippen molar-refractivity contribution in [3.05, 3.63) is 0 Å². The molecule has 0 fully saturated rings. The molecular formula is H4MnNaO5. The summed E-state index contributed by atoms with van der Waals surface area (Å²) in [6.07, 6.45) is 0. The Kier molecular flexibility index (Phi) is 11.2. The fraction of sp³-hybridized carbons (Fsp3) is 0. The van der Waals surface area contributed by atoms with Crippen molar-refractivity contribution in [2.45, 2.75) is 0 Å². The first-order chi connectivity index (χ1) is 2.00. The molecule has 0 aromatic heterocycles. The van der Waals surface area contributed by atoms with Crippen LogP contribution < -0.4 is 29.6 Å². The summed E-state index contributed by atoms with van der Waals surface area (Å²) in [6.45, 7) is 0. The molecule has 0 aliphatic carbocycles. The Bertz CT molecular complexity index is 134. The molecule has 7 heavy (non-hydrogen) atoms. The molecule has 0 heterocycles. The van der Waals surface area contributed by atoms with Crippen LogP contribution in [0.3, 0.4) is 0 Å². The first-order valence-electron chi connectivity index (χ1n) is 0.632. The second-order valence-electron chi connectivity index (χ2n) is 0.396. The predicted octanol–water partition coefficient (Wildman–Crippen LogP) is -4.62. The standard InChI is InChI=1S/Mn.Na.2H2O.3O.H/h;;2*1H2;;;;/q2*+1;;;;;;-1/p-1. The molecule has 0 saturated carbocycles. The first-order valence-corrected chi connectivity index (χ1v) is 2.61. The fourth-order valence-corrected chi connectivity index (χ4v) is 0. The molecule has 0 bridgehead atoms. The summed E-state index contributed by atoms with van der Waals surface area (Å²) in [7, 11) is 0. The quantitative estimate of drug-likeness (QED) is 0.361. The normalized spacial score (nSPS) is 8.14. The van der Waals surface area contributed by atoms with Crippen LogP contribution in [0.2, 0.25) is 0 Å². The molecule has 0 rings (SSSR count). The van der Waals surface area contributed by atoms with Gasteiger partial charge in [0.1, 0.15) is 0 Å². The Morgan fingerprint density at radius 3 is 1.29 bits per heavy atom. The third kappa shape index (κ3) is 227. The summed E-state index contributed by atoms with van der Waals surface area (Å²) >= 11 is -5.38. The van der Waals surface area contributed by atoms with E-state index in [1.165, 1.54) is 0 Å². The molecule has 0 aromatic carbocycles. The topological polar surface area (TPSA) is 103 Å². The average Bonchev–Trinajstić information content (AvgIpc) is 0.722. The molecule has 0 spiro atoms. The molecule has 0 aromatic rings. The van der Waals surface area contributed by atoms with Crippen LogP contribution in [0.25, 0.3) is 0 Å². The molecule has 0 saturated heterocycles. The zero-order chi connectivity index (χ0) is 4.50. The van der Waals surface area contributed by atoms with Crippen molar-refractivity contribution in [2.24, 2.45) is 0 Å². The van der Waals surface area contributed by atoms with Gasteiger partial charge in [-0.3, -0.25) is 0 Å². The fourth-order valence-electron chi connectivity index (χ4n) is 0. The Morgan fingerprint density at radius 2 is 1.29 bits per heavy atom. The van der Waals surface area contributed by atoms with Crippen LogP contribution in [0.1, 0.15) is 1.43 Å². The summed E-state index contributed by atoms with van der Waals surface area (Å²) in [5.74, 6) is 0. The van der Waals surface area contributed by atoms with Crippen molar-refractivity contribution < 1.29 is 65.1 Å². The van der Waals surface area contributed by atoms with Crippen molar-refractivity contribution in [1.29, 1.82) is 0 Å². The second kappa shape index (κ2) is 4.99. The van der Waals surface area contributed by atoms with Gasteiger partial charge in [-0.1, -0.05) is 0 Å². The Hall–Kier alpha value is 0.839. The molecule has 0 aliphatic rings. The SMILES string of the molecule is O.[H-].[Na+].[O]=[Mn](=[O])(=[O])[OH]. The molecule has 0 amide bonds. The van der Waals surface area contributed by atoms with Gasteiger partial charge >= 0.3 is 58.2 Å². The molecule has 5 nitrogen and oxygen atoms in total. The first kappa shape index (κ1) is 15.7. The zero-order valence-corrected chi connectivity index (χ0v) is 6.73. The van der Waals surface area contributed by atoms with Gasteiger partial charge in [0.15, 0.2) is 0 Å². The molecule has 7 heteroatoms. The summed E-state index contributed by atoms with van der Waals surface area (Å²) < 4.78 is 33.1. The minimum absolute atomic E-state index is 0. The molecule has 42 valence electrons. The van der Waals surface area contributed by atoms with Crippen molar-refractivity contribution in [3.63, 3.8) is 0 Å². The van der Waals surface area contributed by atoms with E-state index in [9.17, 15) is 0 Å². The van der Waals surface area contributed by atoms with Gasteiger partial charge in [0, 0.05) is 0 Å². The molecule has 0 aliphatic heterocycles. The van der Waals surface area contributed by atoms with Crippen LogP contribution in [-0.4, -0.2) is 9.67 Å². The maximum absolute atomic E-state index is 8.69. The van der Waals surface area contributed by atoms with E-state index in [0.717, 1.165) is 0 Å². The average molecular weight is 162 g/mol. The molecular weight excluding hydrogens is 158 g/mol. The van der Waals surface area contributed by atoms with Crippen molar-refractivity contribution in [3.8, 4) is 0 Å². The summed E-state index contributed by atoms with van der Waals surface area (Å²) in [6, 6.07) is 0. The number of hydrogen-bond acceptors (Lipinski definition) is 3. The van der Waals surface area contributed by atoms with Crippen LogP contribution >= 0.6 is 0 Å². The van der Waals surface area contributed by atoms with Crippen LogP contribution in [-0.2, 0) is 24.5 Å². The van der Waals surface area contributed by atoms with Crippen LogP contribution in [0.15, 0.2) is 0 Å². The monoisotopic (exact) mass is 162 g/mol. The number of hydrogen-bond donors (Lipinski definition) is 1. The zero-order valence-electron chi connectivity index (χ0n) is 4.55. The third-order valence-electron chi connectivity index (χ3n) is 0. The van der Waals surface area contributed by atoms with Crippen molar-refractivity contribution in [1.82, 2.24) is 0 Å². The maximum atomic E-state index is 8.69. The summed E-state index contributed by atoms with van der Waals surface area (Å²) in [5.41, 5.74) is 0.